The van der Waals surface area contributed by atoms with E-state index < -0.39 is 0 Å². The number of carbonyl (C=O) groups is 1. The average molecular weight is 283 g/mol. The molecule has 1 aliphatic heterocycles. The predicted octanol–water partition coefficient (Wildman–Crippen LogP) is 2.49. The Kier molecular flexibility index (Phi) is 4.04. The quantitative estimate of drug-likeness (QED) is 0.864. The first-order valence-electron chi connectivity index (χ1n) is 7.59. The molecule has 1 unspecified atom stereocenters. The van der Waals surface area contributed by atoms with Crippen LogP contribution in [0.2, 0.25) is 0 Å². The molecule has 4 heteroatoms. The minimum Gasteiger partial charge on any atom is -0.338 e. The van der Waals surface area contributed by atoms with Crippen LogP contribution in [-0.4, -0.2) is 26.9 Å². The largest absolute Gasteiger partial charge is 0.338 e. The van der Waals surface area contributed by atoms with E-state index in [-0.39, 0.29) is 11.8 Å². The summed E-state index contributed by atoms with van der Waals surface area (Å²) in [7, 11) is 0. The van der Waals surface area contributed by atoms with Gasteiger partial charge in [-0.3, -0.25) is 4.79 Å². The summed E-state index contributed by atoms with van der Waals surface area (Å²) >= 11 is 0. The fourth-order valence-corrected chi connectivity index (χ4v) is 2.99. The smallest absolute Gasteiger partial charge is 0.226 e. The van der Waals surface area contributed by atoms with E-state index >= 15 is 0 Å². The van der Waals surface area contributed by atoms with Gasteiger partial charge in [0.2, 0.25) is 5.91 Å². The van der Waals surface area contributed by atoms with E-state index in [1.807, 2.05) is 42.5 Å². The van der Waals surface area contributed by atoms with Gasteiger partial charge < -0.3 is 9.47 Å². The third-order valence-electron chi connectivity index (χ3n) is 4.23. The molecule has 1 aromatic heterocycles. The van der Waals surface area contributed by atoms with Crippen LogP contribution in [0.25, 0.3) is 0 Å². The van der Waals surface area contributed by atoms with Crippen LogP contribution >= 0.6 is 0 Å². The predicted molar refractivity (Wildman–Crippen MR) is 81.6 cm³/mol. The number of aromatic nitrogens is 2. The zero-order chi connectivity index (χ0) is 14.7. The minimum absolute atomic E-state index is 0.0952. The van der Waals surface area contributed by atoms with Crippen molar-refractivity contribution in [3.63, 3.8) is 0 Å². The van der Waals surface area contributed by atoms with Crippen LogP contribution in [-0.2, 0) is 24.3 Å². The third kappa shape index (κ3) is 2.99. The lowest BCUT2D eigenvalue weighted by atomic mass is 9.94. The Balaban J connectivity index is 1.68. The molecular formula is C17H21N3O. The van der Waals surface area contributed by atoms with Gasteiger partial charge in [0.25, 0.3) is 0 Å². The SMILES string of the molecule is CCN(Cc1ccccc1)C(=O)C1CCn2cncc2C1. The fraction of sp³-hybridized carbons (Fsp3) is 0.412. The number of amides is 1. The van der Waals surface area contributed by atoms with Crippen LogP contribution < -0.4 is 0 Å². The molecule has 1 aromatic carbocycles. The Bertz CT molecular complexity index is 606. The molecule has 0 spiro atoms. The highest BCUT2D eigenvalue weighted by atomic mass is 16.2. The molecule has 0 bridgehead atoms. The number of imidazole rings is 1. The number of aryl methyl sites for hydroxylation is 1. The van der Waals surface area contributed by atoms with Crippen molar-refractivity contribution in [1.82, 2.24) is 14.5 Å². The maximum Gasteiger partial charge on any atom is 0.226 e. The first-order chi connectivity index (χ1) is 10.3. The molecular weight excluding hydrogens is 262 g/mol. The van der Waals surface area contributed by atoms with Crippen molar-refractivity contribution in [2.24, 2.45) is 5.92 Å². The lowest BCUT2D eigenvalue weighted by molar-refractivity contribution is -0.136. The van der Waals surface area contributed by atoms with Gasteiger partial charge in [-0.25, -0.2) is 4.98 Å². The number of rotatable bonds is 4. The first-order valence-corrected chi connectivity index (χ1v) is 7.59. The third-order valence-corrected chi connectivity index (χ3v) is 4.23. The Morgan fingerprint density at radius 3 is 2.95 bits per heavy atom. The van der Waals surface area contributed by atoms with Crippen LogP contribution in [0.3, 0.4) is 0 Å². The Hall–Kier alpha value is -2.10. The molecule has 1 amide bonds. The van der Waals surface area contributed by atoms with Crippen molar-refractivity contribution >= 4 is 5.91 Å². The van der Waals surface area contributed by atoms with Gasteiger partial charge in [-0.15, -0.1) is 0 Å². The molecule has 0 saturated heterocycles. The van der Waals surface area contributed by atoms with Gasteiger partial charge in [-0.05, 0) is 18.9 Å². The maximum atomic E-state index is 12.8. The molecule has 1 atom stereocenters. The van der Waals surface area contributed by atoms with Gasteiger partial charge in [-0.1, -0.05) is 30.3 Å². The van der Waals surface area contributed by atoms with Crippen molar-refractivity contribution in [1.29, 1.82) is 0 Å². The summed E-state index contributed by atoms with van der Waals surface area (Å²) < 4.78 is 2.15. The van der Waals surface area contributed by atoms with Crippen molar-refractivity contribution in [3.8, 4) is 0 Å². The minimum atomic E-state index is 0.0952. The molecule has 0 aliphatic carbocycles. The fourth-order valence-electron chi connectivity index (χ4n) is 2.99. The lowest BCUT2D eigenvalue weighted by Crippen LogP contribution is -2.38. The molecule has 110 valence electrons. The summed E-state index contributed by atoms with van der Waals surface area (Å²) in [6.07, 6.45) is 5.46. The molecule has 21 heavy (non-hydrogen) atoms. The van der Waals surface area contributed by atoms with Crippen molar-refractivity contribution < 1.29 is 4.79 Å². The normalized spacial score (nSPS) is 17.3. The van der Waals surface area contributed by atoms with Gasteiger partial charge in [-0.2, -0.15) is 0 Å². The molecule has 2 aromatic rings. The molecule has 3 rings (SSSR count). The molecule has 2 heterocycles. The topological polar surface area (TPSA) is 38.1 Å². The zero-order valence-corrected chi connectivity index (χ0v) is 12.4. The molecule has 0 fully saturated rings. The monoisotopic (exact) mass is 283 g/mol. The standard InChI is InChI=1S/C17H21N3O/c1-2-19(12-14-6-4-3-5-7-14)17(21)15-8-9-20-13-18-11-16(20)10-15/h3-7,11,13,15H,2,8-10,12H2,1H3. The molecule has 0 radical (unpaired) electrons. The first kappa shape index (κ1) is 13.9. The molecule has 0 saturated carbocycles. The van der Waals surface area contributed by atoms with Crippen LogP contribution in [0.1, 0.15) is 24.6 Å². The maximum absolute atomic E-state index is 12.8. The second-order valence-electron chi connectivity index (χ2n) is 5.61. The number of hydrogen-bond donors (Lipinski definition) is 0. The highest BCUT2D eigenvalue weighted by molar-refractivity contribution is 5.79. The number of nitrogens with zero attached hydrogens (tertiary/aromatic N) is 3. The summed E-state index contributed by atoms with van der Waals surface area (Å²) in [6.45, 7) is 4.40. The second kappa shape index (κ2) is 6.12. The zero-order valence-electron chi connectivity index (χ0n) is 12.4. The summed E-state index contributed by atoms with van der Waals surface area (Å²) in [6, 6.07) is 10.2. The Morgan fingerprint density at radius 2 is 2.19 bits per heavy atom. The summed E-state index contributed by atoms with van der Waals surface area (Å²) in [5.41, 5.74) is 2.36. The summed E-state index contributed by atoms with van der Waals surface area (Å²) in [4.78, 5) is 18.9. The van der Waals surface area contributed by atoms with Gasteiger partial charge >= 0.3 is 0 Å². The van der Waals surface area contributed by atoms with E-state index in [1.165, 1.54) is 11.3 Å². The highest BCUT2D eigenvalue weighted by Crippen LogP contribution is 2.22. The van der Waals surface area contributed by atoms with Crippen LogP contribution in [0.15, 0.2) is 42.9 Å². The van der Waals surface area contributed by atoms with E-state index in [0.717, 1.165) is 25.9 Å². The van der Waals surface area contributed by atoms with Gasteiger partial charge in [0.05, 0.1) is 6.33 Å². The Labute approximate surface area is 125 Å². The van der Waals surface area contributed by atoms with E-state index in [4.69, 9.17) is 0 Å². The van der Waals surface area contributed by atoms with Gasteiger partial charge in [0, 0.05) is 43.9 Å². The van der Waals surface area contributed by atoms with Crippen LogP contribution in [0.5, 0.6) is 0 Å². The average Bonchev–Trinajstić information content (AvgIpc) is 3.00. The van der Waals surface area contributed by atoms with Crippen molar-refractivity contribution in [3.05, 3.63) is 54.1 Å². The van der Waals surface area contributed by atoms with Crippen LogP contribution in [0, 0.1) is 5.92 Å². The highest BCUT2D eigenvalue weighted by Gasteiger charge is 2.27. The van der Waals surface area contributed by atoms with Gasteiger partial charge in [0.15, 0.2) is 0 Å². The molecule has 1 aliphatic rings. The second-order valence-corrected chi connectivity index (χ2v) is 5.61. The van der Waals surface area contributed by atoms with E-state index in [2.05, 4.69) is 21.7 Å². The number of hydrogen-bond acceptors (Lipinski definition) is 2. The molecule has 4 nitrogen and oxygen atoms in total. The van der Waals surface area contributed by atoms with E-state index in [1.54, 1.807) is 0 Å². The lowest BCUT2D eigenvalue weighted by Gasteiger charge is -2.29. The molecule has 0 N–H and O–H groups in total. The Morgan fingerprint density at radius 1 is 1.38 bits per heavy atom. The van der Waals surface area contributed by atoms with E-state index in [9.17, 15) is 4.79 Å². The van der Waals surface area contributed by atoms with E-state index in [0.29, 0.717) is 6.54 Å². The summed E-state index contributed by atoms with van der Waals surface area (Å²) in [5.74, 6) is 0.367. The number of benzene rings is 1. The van der Waals surface area contributed by atoms with Crippen molar-refractivity contribution in [2.75, 3.05) is 6.54 Å². The number of carbonyl (C=O) groups excluding carboxylic acids is 1. The van der Waals surface area contributed by atoms with Crippen LogP contribution in [0.4, 0.5) is 0 Å². The van der Waals surface area contributed by atoms with Gasteiger partial charge in [0.1, 0.15) is 0 Å². The van der Waals surface area contributed by atoms with Crippen molar-refractivity contribution in [2.45, 2.75) is 32.9 Å². The number of fused-ring (bicyclic) bond motifs is 1. The summed E-state index contributed by atoms with van der Waals surface area (Å²) in [5, 5.41) is 0.